The van der Waals surface area contributed by atoms with Crippen molar-refractivity contribution in [3.8, 4) is 0 Å². The van der Waals surface area contributed by atoms with E-state index in [4.69, 9.17) is 34.8 Å². The lowest BCUT2D eigenvalue weighted by Crippen LogP contribution is -2.06. The van der Waals surface area contributed by atoms with Gasteiger partial charge in [0.25, 0.3) is 0 Å². The van der Waals surface area contributed by atoms with E-state index in [2.05, 4.69) is 0 Å². The highest BCUT2D eigenvalue weighted by Crippen LogP contribution is 2.31. The molecule has 0 heterocycles. The minimum Gasteiger partial charge on any atom is -0.748 e. The summed E-state index contributed by atoms with van der Waals surface area (Å²) in [5.74, 6) is -0.395. The molecule has 0 aromatic carbocycles. The Labute approximate surface area is 86.7 Å². The summed E-state index contributed by atoms with van der Waals surface area (Å²) in [7, 11) is -4.12. The summed E-state index contributed by atoms with van der Waals surface area (Å²) >= 11 is 16.2. The molecule has 0 amide bonds. The first-order valence-electron chi connectivity index (χ1n) is 3.21. The SMILES string of the molecule is O=S(=O)([O-])CCCCC(Cl)(Cl)Cl. The second-order valence-corrected chi connectivity index (χ2v) is 6.37. The second-order valence-electron chi connectivity index (χ2n) is 2.33. The summed E-state index contributed by atoms with van der Waals surface area (Å²) in [5.41, 5.74) is 0. The maximum Gasteiger partial charge on any atom is 0.190 e. The number of halogens is 3. The largest absolute Gasteiger partial charge is 0.748 e. The van der Waals surface area contributed by atoms with Gasteiger partial charge in [0.2, 0.25) is 0 Å². The maximum absolute atomic E-state index is 10.1. The zero-order chi connectivity index (χ0) is 9.83. The van der Waals surface area contributed by atoms with Gasteiger partial charge in [0.05, 0.1) is 10.1 Å². The fraction of sp³-hybridized carbons (Fsp3) is 1.00. The Morgan fingerprint density at radius 2 is 1.67 bits per heavy atom. The van der Waals surface area contributed by atoms with E-state index in [9.17, 15) is 13.0 Å². The van der Waals surface area contributed by atoms with Crippen LogP contribution in [0.15, 0.2) is 0 Å². The lowest BCUT2D eigenvalue weighted by molar-refractivity contribution is 0.460. The van der Waals surface area contributed by atoms with E-state index in [0.29, 0.717) is 6.42 Å². The van der Waals surface area contributed by atoms with Crippen LogP contribution in [0.1, 0.15) is 19.3 Å². The van der Waals surface area contributed by atoms with Crippen LogP contribution in [-0.2, 0) is 10.1 Å². The van der Waals surface area contributed by atoms with Gasteiger partial charge in [-0.1, -0.05) is 34.8 Å². The Morgan fingerprint density at radius 3 is 2.00 bits per heavy atom. The van der Waals surface area contributed by atoms with Crippen LogP contribution in [0.2, 0.25) is 0 Å². The van der Waals surface area contributed by atoms with Gasteiger partial charge in [0, 0.05) is 5.75 Å². The van der Waals surface area contributed by atoms with Gasteiger partial charge in [-0.15, -0.1) is 0 Å². The van der Waals surface area contributed by atoms with Crippen LogP contribution in [0.5, 0.6) is 0 Å². The molecule has 3 nitrogen and oxygen atoms in total. The van der Waals surface area contributed by atoms with Crippen molar-refractivity contribution in [2.45, 2.75) is 23.1 Å². The zero-order valence-electron chi connectivity index (χ0n) is 6.10. The molecule has 0 N–H and O–H groups in total. The summed E-state index contributed by atoms with van der Waals surface area (Å²) in [6.07, 6.45) is 0.908. The van der Waals surface area contributed by atoms with E-state index in [0.717, 1.165) is 0 Å². The Hall–Kier alpha value is 0.780. The van der Waals surface area contributed by atoms with Gasteiger partial charge in [-0.3, -0.25) is 0 Å². The molecular formula is C5H8Cl3O3S-. The molecule has 0 spiro atoms. The first-order valence-corrected chi connectivity index (χ1v) is 5.92. The maximum atomic E-state index is 10.1. The summed E-state index contributed by atoms with van der Waals surface area (Å²) in [5, 5.41) is 0. The van der Waals surface area contributed by atoms with E-state index in [1.165, 1.54) is 0 Å². The molecule has 0 atom stereocenters. The highest BCUT2D eigenvalue weighted by molar-refractivity contribution is 7.85. The molecule has 0 rings (SSSR count). The predicted molar refractivity (Wildman–Crippen MR) is 48.7 cm³/mol. The van der Waals surface area contributed by atoms with Gasteiger partial charge in [0.15, 0.2) is 3.79 Å². The molecule has 0 unspecified atom stereocenters. The third-order valence-electron chi connectivity index (χ3n) is 1.10. The fourth-order valence-electron chi connectivity index (χ4n) is 0.604. The minimum absolute atomic E-state index is 0.236. The average molecular weight is 255 g/mol. The molecular weight excluding hydrogens is 246 g/mol. The minimum atomic E-state index is -4.12. The molecule has 7 heteroatoms. The Kier molecular flexibility index (Phi) is 5.18. The van der Waals surface area contributed by atoms with Gasteiger partial charge in [-0.05, 0) is 19.3 Å². The van der Waals surface area contributed by atoms with Crippen molar-refractivity contribution in [2.24, 2.45) is 0 Å². The van der Waals surface area contributed by atoms with Gasteiger partial charge >= 0.3 is 0 Å². The van der Waals surface area contributed by atoms with Crippen LogP contribution in [0.3, 0.4) is 0 Å². The standard InChI is InChI=1S/C5H9Cl3O3S/c6-5(7,8)3-1-2-4-12(9,10)11/h1-4H2,(H,9,10,11)/p-1. The first-order chi connectivity index (χ1) is 5.21. The van der Waals surface area contributed by atoms with Crippen molar-refractivity contribution in [3.63, 3.8) is 0 Å². The van der Waals surface area contributed by atoms with Gasteiger partial charge in [-0.25, -0.2) is 8.42 Å². The topological polar surface area (TPSA) is 57.2 Å². The number of hydrogen-bond acceptors (Lipinski definition) is 3. The average Bonchev–Trinajstić information content (AvgIpc) is 1.76. The van der Waals surface area contributed by atoms with Gasteiger partial charge in [-0.2, -0.15) is 0 Å². The smallest absolute Gasteiger partial charge is 0.190 e. The van der Waals surface area contributed by atoms with Crippen LogP contribution in [0, 0.1) is 0 Å². The number of alkyl halides is 3. The summed E-state index contributed by atoms with van der Waals surface area (Å²) in [6.45, 7) is 0. The first kappa shape index (κ1) is 12.8. The Morgan fingerprint density at radius 1 is 1.17 bits per heavy atom. The van der Waals surface area contributed by atoms with E-state index < -0.39 is 19.7 Å². The zero-order valence-corrected chi connectivity index (χ0v) is 9.18. The molecule has 0 bridgehead atoms. The summed E-state index contributed by atoms with van der Waals surface area (Å²) in [6, 6.07) is 0. The number of hydrogen-bond donors (Lipinski definition) is 0. The van der Waals surface area contributed by atoms with Crippen LogP contribution >= 0.6 is 34.8 Å². The predicted octanol–water partition coefficient (Wildman–Crippen LogP) is 2.07. The molecule has 0 saturated carbocycles. The summed E-state index contributed by atoms with van der Waals surface area (Å²) < 4.78 is 28.9. The summed E-state index contributed by atoms with van der Waals surface area (Å²) in [4.78, 5) is 0. The lowest BCUT2D eigenvalue weighted by atomic mass is 10.3. The molecule has 0 aromatic rings. The van der Waals surface area contributed by atoms with E-state index in [-0.39, 0.29) is 12.8 Å². The lowest BCUT2D eigenvalue weighted by Gasteiger charge is -2.10. The molecule has 12 heavy (non-hydrogen) atoms. The van der Waals surface area contributed by atoms with Crippen molar-refractivity contribution in [3.05, 3.63) is 0 Å². The van der Waals surface area contributed by atoms with Crippen LogP contribution in [0.4, 0.5) is 0 Å². The molecule has 74 valence electrons. The highest BCUT2D eigenvalue weighted by Gasteiger charge is 2.18. The van der Waals surface area contributed by atoms with Crippen LogP contribution in [0.25, 0.3) is 0 Å². The van der Waals surface area contributed by atoms with E-state index >= 15 is 0 Å². The third kappa shape index (κ3) is 10.8. The van der Waals surface area contributed by atoms with Crippen LogP contribution < -0.4 is 0 Å². The molecule has 0 radical (unpaired) electrons. The Bertz CT molecular complexity index is 219. The van der Waals surface area contributed by atoms with Crippen molar-refractivity contribution in [2.75, 3.05) is 5.75 Å². The fourth-order valence-corrected chi connectivity index (χ4v) is 1.56. The number of unbranched alkanes of at least 4 members (excludes halogenated alkanes) is 1. The highest BCUT2D eigenvalue weighted by atomic mass is 35.6. The third-order valence-corrected chi connectivity index (χ3v) is 2.46. The van der Waals surface area contributed by atoms with Crippen molar-refractivity contribution >= 4 is 44.9 Å². The van der Waals surface area contributed by atoms with Crippen LogP contribution in [-0.4, -0.2) is 22.5 Å². The molecule has 0 fully saturated rings. The molecule has 0 aliphatic rings. The van der Waals surface area contributed by atoms with Crippen molar-refractivity contribution < 1.29 is 13.0 Å². The quantitative estimate of drug-likeness (QED) is 0.438. The molecule has 0 aliphatic carbocycles. The van der Waals surface area contributed by atoms with E-state index in [1.54, 1.807) is 0 Å². The van der Waals surface area contributed by atoms with Gasteiger partial charge in [0.1, 0.15) is 0 Å². The second kappa shape index (κ2) is 4.86. The molecule has 0 aromatic heterocycles. The van der Waals surface area contributed by atoms with Crippen molar-refractivity contribution in [1.82, 2.24) is 0 Å². The van der Waals surface area contributed by atoms with Crippen molar-refractivity contribution in [1.29, 1.82) is 0 Å². The monoisotopic (exact) mass is 253 g/mol. The Balaban J connectivity index is 3.48. The number of rotatable bonds is 4. The van der Waals surface area contributed by atoms with E-state index in [1.807, 2.05) is 0 Å². The normalized spacial score (nSPS) is 13.3. The molecule has 0 aliphatic heterocycles. The van der Waals surface area contributed by atoms with Gasteiger partial charge < -0.3 is 4.55 Å². The molecule has 0 saturated heterocycles.